The summed E-state index contributed by atoms with van der Waals surface area (Å²) in [4.78, 5) is 3.75. The average molecular weight is 127 g/mol. The van der Waals surface area contributed by atoms with Crippen molar-refractivity contribution in [1.82, 2.24) is 0 Å². The van der Waals surface area contributed by atoms with Crippen molar-refractivity contribution >= 4 is 0 Å². The van der Waals surface area contributed by atoms with E-state index in [0.717, 1.165) is 0 Å². The fourth-order valence-corrected chi connectivity index (χ4v) is 0. The van der Waals surface area contributed by atoms with Gasteiger partial charge in [0.05, 0.1) is 6.10 Å². The summed E-state index contributed by atoms with van der Waals surface area (Å²) in [6.45, 7) is 3.50. The minimum atomic E-state index is -0.0602. The summed E-state index contributed by atoms with van der Waals surface area (Å²) in [5.41, 5.74) is 0. The third-order valence-corrected chi connectivity index (χ3v) is 0.211. The van der Waals surface area contributed by atoms with Crippen LogP contribution < -0.4 is 0 Å². The second-order valence-electron chi connectivity index (χ2n) is 1.15. The molecule has 0 bridgehead atoms. The van der Waals surface area contributed by atoms with Crippen LogP contribution in [-0.4, -0.2) is 11.4 Å². The van der Waals surface area contributed by atoms with E-state index in [2.05, 4.69) is 4.89 Å². The number of hydrogen-bond donors (Lipinski definition) is 1. The standard InChI is InChI=1S/C3H8O2.V/c1-3(2)5-4;/h3-4H,1-2H3;. The van der Waals surface area contributed by atoms with Gasteiger partial charge in [0.25, 0.3) is 0 Å². The molecular formula is C3H8O2V. The van der Waals surface area contributed by atoms with Crippen molar-refractivity contribution in [3.8, 4) is 0 Å². The van der Waals surface area contributed by atoms with Gasteiger partial charge in [0, 0.05) is 18.6 Å². The van der Waals surface area contributed by atoms with Gasteiger partial charge in [-0.05, 0) is 13.8 Å². The van der Waals surface area contributed by atoms with Gasteiger partial charge in [-0.3, -0.25) is 5.26 Å². The fourth-order valence-electron chi connectivity index (χ4n) is 0. The zero-order chi connectivity index (χ0) is 4.28. The molecule has 0 rings (SSSR count). The Kier molecular flexibility index (Phi) is 8.91. The van der Waals surface area contributed by atoms with E-state index < -0.39 is 0 Å². The summed E-state index contributed by atoms with van der Waals surface area (Å²) >= 11 is 0. The molecule has 0 aliphatic rings. The van der Waals surface area contributed by atoms with E-state index >= 15 is 0 Å². The minimum absolute atomic E-state index is 0. The van der Waals surface area contributed by atoms with E-state index in [0.29, 0.717) is 0 Å². The van der Waals surface area contributed by atoms with Crippen LogP contribution in [0.5, 0.6) is 0 Å². The Labute approximate surface area is 49.3 Å². The van der Waals surface area contributed by atoms with Gasteiger partial charge in [0.1, 0.15) is 0 Å². The molecule has 3 heteroatoms. The topological polar surface area (TPSA) is 29.5 Å². The largest absolute Gasteiger partial charge is 0.252 e. The van der Waals surface area contributed by atoms with Crippen molar-refractivity contribution in [3.05, 3.63) is 0 Å². The van der Waals surface area contributed by atoms with Crippen LogP contribution in [0.25, 0.3) is 0 Å². The molecule has 0 aliphatic carbocycles. The molecule has 0 unspecified atom stereocenters. The van der Waals surface area contributed by atoms with E-state index in [1.54, 1.807) is 13.8 Å². The van der Waals surface area contributed by atoms with Crippen LogP contribution in [0, 0.1) is 0 Å². The molecule has 1 N–H and O–H groups in total. The van der Waals surface area contributed by atoms with E-state index in [1.807, 2.05) is 0 Å². The van der Waals surface area contributed by atoms with Crippen molar-refractivity contribution in [2.75, 3.05) is 0 Å². The molecule has 37 valence electrons. The Balaban J connectivity index is 0. The molecule has 0 fully saturated rings. The van der Waals surface area contributed by atoms with Crippen LogP contribution in [-0.2, 0) is 23.4 Å². The zero-order valence-electron chi connectivity index (χ0n) is 3.88. The van der Waals surface area contributed by atoms with E-state index in [9.17, 15) is 0 Å². The minimum Gasteiger partial charge on any atom is -0.252 e. The molecule has 0 saturated carbocycles. The third-order valence-electron chi connectivity index (χ3n) is 0.211. The van der Waals surface area contributed by atoms with Crippen LogP contribution in [0.2, 0.25) is 0 Å². The Morgan fingerprint density at radius 1 is 1.50 bits per heavy atom. The van der Waals surface area contributed by atoms with E-state index in [4.69, 9.17) is 5.26 Å². The van der Waals surface area contributed by atoms with Gasteiger partial charge in [-0.15, -0.1) is 0 Å². The average Bonchev–Trinajstić information content (AvgIpc) is 1.38. The molecule has 0 atom stereocenters. The van der Waals surface area contributed by atoms with Crippen LogP contribution in [0.3, 0.4) is 0 Å². The first-order valence-corrected chi connectivity index (χ1v) is 1.57. The second kappa shape index (κ2) is 5.50. The third kappa shape index (κ3) is 8.82. The Morgan fingerprint density at radius 2 is 1.67 bits per heavy atom. The van der Waals surface area contributed by atoms with E-state index in [1.165, 1.54) is 0 Å². The first-order valence-electron chi connectivity index (χ1n) is 1.57. The smallest absolute Gasteiger partial charge is 0.0871 e. The van der Waals surface area contributed by atoms with Gasteiger partial charge in [-0.25, -0.2) is 4.89 Å². The second-order valence-corrected chi connectivity index (χ2v) is 1.15. The maximum Gasteiger partial charge on any atom is 0.0871 e. The molecule has 1 radical (unpaired) electrons. The van der Waals surface area contributed by atoms with Crippen molar-refractivity contribution < 1.29 is 28.7 Å². The van der Waals surface area contributed by atoms with Gasteiger partial charge >= 0.3 is 0 Å². The molecule has 0 aromatic heterocycles. The monoisotopic (exact) mass is 127 g/mol. The summed E-state index contributed by atoms with van der Waals surface area (Å²) in [5, 5.41) is 7.64. The van der Waals surface area contributed by atoms with Gasteiger partial charge in [-0.2, -0.15) is 0 Å². The molecule has 6 heavy (non-hydrogen) atoms. The Bertz CT molecular complexity index is 22.8. The van der Waals surface area contributed by atoms with Gasteiger partial charge < -0.3 is 0 Å². The molecule has 2 nitrogen and oxygen atoms in total. The molecule has 0 saturated heterocycles. The zero-order valence-corrected chi connectivity index (χ0v) is 5.28. The van der Waals surface area contributed by atoms with Gasteiger partial charge in [0.15, 0.2) is 0 Å². The van der Waals surface area contributed by atoms with Crippen molar-refractivity contribution in [1.29, 1.82) is 0 Å². The summed E-state index contributed by atoms with van der Waals surface area (Å²) < 4.78 is 0. The maximum atomic E-state index is 7.64. The quantitative estimate of drug-likeness (QED) is 0.418. The van der Waals surface area contributed by atoms with Crippen molar-refractivity contribution in [3.63, 3.8) is 0 Å². The Morgan fingerprint density at radius 3 is 1.67 bits per heavy atom. The maximum absolute atomic E-state index is 7.64. The van der Waals surface area contributed by atoms with Crippen LogP contribution in [0.4, 0.5) is 0 Å². The molecule has 0 aliphatic heterocycles. The van der Waals surface area contributed by atoms with Crippen molar-refractivity contribution in [2.24, 2.45) is 0 Å². The van der Waals surface area contributed by atoms with Gasteiger partial charge in [-0.1, -0.05) is 0 Å². The van der Waals surface area contributed by atoms with Crippen LogP contribution in [0.15, 0.2) is 0 Å². The Hall–Kier alpha value is 0.504. The molecule has 0 spiro atoms. The molecule has 0 amide bonds. The molecule has 0 heterocycles. The number of hydrogen-bond acceptors (Lipinski definition) is 2. The predicted molar refractivity (Wildman–Crippen MR) is 18.8 cm³/mol. The summed E-state index contributed by atoms with van der Waals surface area (Å²) in [6, 6.07) is 0. The SMILES string of the molecule is CC(C)OO.[V]. The predicted octanol–water partition coefficient (Wildman–Crippen LogP) is 0.882. The molecular weight excluding hydrogens is 119 g/mol. The summed E-state index contributed by atoms with van der Waals surface area (Å²) in [5.74, 6) is 0. The molecule has 0 aromatic rings. The normalized spacial score (nSPS) is 8.00. The first kappa shape index (κ1) is 9.71. The fraction of sp³-hybridized carbons (Fsp3) is 1.00. The number of rotatable bonds is 1. The first-order chi connectivity index (χ1) is 2.27. The molecule has 0 aromatic carbocycles. The van der Waals surface area contributed by atoms with Crippen molar-refractivity contribution in [2.45, 2.75) is 20.0 Å². The van der Waals surface area contributed by atoms with Gasteiger partial charge in [0.2, 0.25) is 0 Å². The van der Waals surface area contributed by atoms with E-state index in [-0.39, 0.29) is 24.7 Å². The van der Waals surface area contributed by atoms with Crippen LogP contribution >= 0.6 is 0 Å². The summed E-state index contributed by atoms with van der Waals surface area (Å²) in [7, 11) is 0. The summed E-state index contributed by atoms with van der Waals surface area (Å²) in [6.07, 6.45) is -0.0602. The van der Waals surface area contributed by atoms with Crippen LogP contribution in [0.1, 0.15) is 13.8 Å².